The predicted molar refractivity (Wildman–Crippen MR) is 84.3 cm³/mol. The summed E-state index contributed by atoms with van der Waals surface area (Å²) in [6.07, 6.45) is 1.63. The molecule has 0 aliphatic carbocycles. The summed E-state index contributed by atoms with van der Waals surface area (Å²) in [6.45, 7) is 5.72. The highest BCUT2D eigenvalue weighted by Crippen LogP contribution is 2.31. The lowest BCUT2D eigenvalue weighted by atomic mass is 9.98. The van der Waals surface area contributed by atoms with Gasteiger partial charge in [0.15, 0.2) is 0 Å². The van der Waals surface area contributed by atoms with Crippen LogP contribution in [0.3, 0.4) is 0 Å². The van der Waals surface area contributed by atoms with Crippen molar-refractivity contribution in [2.75, 3.05) is 0 Å². The van der Waals surface area contributed by atoms with Crippen molar-refractivity contribution < 1.29 is 13.2 Å². The van der Waals surface area contributed by atoms with Gasteiger partial charge in [0, 0.05) is 5.54 Å². The number of nitrogens with two attached hydrogens (primary N) is 1. The van der Waals surface area contributed by atoms with Gasteiger partial charge in [0.05, 0.1) is 15.6 Å². The van der Waals surface area contributed by atoms with Gasteiger partial charge in [0.2, 0.25) is 10.0 Å². The van der Waals surface area contributed by atoms with Crippen LogP contribution in [0, 0.1) is 0 Å². The van der Waals surface area contributed by atoms with Crippen molar-refractivity contribution in [3.63, 3.8) is 0 Å². The van der Waals surface area contributed by atoms with Gasteiger partial charge in [0.25, 0.3) is 5.91 Å². The van der Waals surface area contributed by atoms with Crippen LogP contribution in [0.15, 0.2) is 17.0 Å². The average Bonchev–Trinajstić information content (AvgIpc) is 2.25. The smallest absolute Gasteiger partial charge is 0.254 e. The molecule has 0 saturated heterocycles. The molecule has 21 heavy (non-hydrogen) atoms. The summed E-state index contributed by atoms with van der Waals surface area (Å²) in [4.78, 5) is 12.0. The topological polar surface area (TPSA) is 89.3 Å². The normalized spacial score (nSPS) is 12.3. The van der Waals surface area contributed by atoms with Crippen LogP contribution in [-0.2, 0) is 10.0 Å². The molecule has 5 nitrogen and oxygen atoms in total. The fourth-order valence-electron chi connectivity index (χ4n) is 2.02. The van der Waals surface area contributed by atoms with E-state index in [9.17, 15) is 13.2 Å². The molecular formula is C13H18Cl2N2O3S. The van der Waals surface area contributed by atoms with Crippen LogP contribution < -0.4 is 10.5 Å². The van der Waals surface area contributed by atoms with Crippen LogP contribution in [0.25, 0.3) is 0 Å². The Morgan fingerprint density at radius 2 is 1.90 bits per heavy atom. The molecule has 1 aromatic rings. The molecule has 118 valence electrons. The van der Waals surface area contributed by atoms with Crippen LogP contribution in [0.5, 0.6) is 0 Å². The molecule has 0 saturated carbocycles. The standard InChI is InChI=1S/C13H18Cl2N2O3S/c1-4-7-13(2,3)17-12(18)10-8(14)5-6-9(11(10)15)21(16,19)20/h5-6H,4,7H2,1-3H3,(H,17,18)(H2,16,19,20). The number of carbonyl (C=O) groups excluding carboxylic acids is 1. The summed E-state index contributed by atoms with van der Waals surface area (Å²) in [5, 5.41) is 7.65. The fraction of sp³-hybridized carbons (Fsp3) is 0.462. The van der Waals surface area contributed by atoms with Crippen LogP contribution in [0.1, 0.15) is 44.0 Å². The highest BCUT2D eigenvalue weighted by molar-refractivity contribution is 7.89. The number of benzene rings is 1. The summed E-state index contributed by atoms with van der Waals surface area (Å²) in [5.41, 5.74) is -0.551. The Hall–Kier alpha value is -0.820. The third kappa shape index (κ3) is 4.57. The van der Waals surface area contributed by atoms with E-state index in [1.54, 1.807) is 0 Å². The molecule has 1 rings (SSSR count). The minimum Gasteiger partial charge on any atom is -0.347 e. The number of halogens is 2. The molecule has 0 unspecified atom stereocenters. The van der Waals surface area contributed by atoms with Crippen LogP contribution in [0.2, 0.25) is 10.0 Å². The summed E-state index contributed by atoms with van der Waals surface area (Å²) in [5.74, 6) is -0.533. The Morgan fingerprint density at radius 1 is 1.33 bits per heavy atom. The quantitative estimate of drug-likeness (QED) is 0.853. The maximum Gasteiger partial charge on any atom is 0.254 e. The van der Waals surface area contributed by atoms with Gasteiger partial charge in [-0.05, 0) is 32.4 Å². The molecule has 3 N–H and O–H groups in total. The zero-order valence-corrected chi connectivity index (χ0v) is 14.4. The molecule has 0 heterocycles. The minimum atomic E-state index is -4.03. The second kappa shape index (κ2) is 6.52. The van der Waals surface area contributed by atoms with Gasteiger partial charge in [-0.3, -0.25) is 4.79 Å². The Kier molecular flexibility index (Phi) is 5.66. The van der Waals surface area contributed by atoms with Gasteiger partial charge in [-0.2, -0.15) is 0 Å². The number of nitrogens with one attached hydrogen (secondary N) is 1. The van der Waals surface area contributed by atoms with Gasteiger partial charge in [-0.1, -0.05) is 36.5 Å². The van der Waals surface area contributed by atoms with Crippen molar-refractivity contribution in [3.05, 3.63) is 27.7 Å². The molecule has 0 aromatic heterocycles. The zero-order valence-electron chi connectivity index (χ0n) is 12.0. The first kappa shape index (κ1) is 18.2. The molecule has 8 heteroatoms. The highest BCUT2D eigenvalue weighted by Gasteiger charge is 2.26. The van der Waals surface area contributed by atoms with E-state index in [-0.39, 0.29) is 20.5 Å². The molecule has 0 atom stereocenters. The third-order valence-corrected chi connectivity index (χ3v) is 4.69. The number of hydrogen-bond acceptors (Lipinski definition) is 3. The lowest BCUT2D eigenvalue weighted by molar-refractivity contribution is 0.0909. The molecule has 0 bridgehead atoms. The van der Waals surface area contributed by atoms with E-state index in [0.29, 0.717) is 0 Å². The van der Waals surface area contributed by atoms with E-state index < -0.39 is 21.5 Å². The maximum absolute atomic E-state index is 12.3. The van der Waals surface area contributed by atoms with Gasteiger partial charge < -0.3 is 5.32 Å². The van der Waals surface area contributed by atoms with E-state index in [1.165, 1.54) is 12.1 Å². The lowest BCUT2D eigenvalue weighted by Gasteiger charge is -2.26. The second-order valence-electron chi connectivity index (χ2n) is 5.37. The number of amides is 1. The summed E-state index contributed by atoms with van der Waals surface area (Å²) < 4.78 is 22.9. The predicted octanol–water partition coefficient (Wildman–Crippen LogP) is 2.95. The largest absolute Gasteiger partial charge is 0.347 e. The van der Waals surface area contributed by atoms with Crippen molar-refractivity contribution in [2.24, 2.45) is 5.14 Å². The summed E-state index contributed by atoms with van der Waals surface area (Å²) >= 11 is 12.0. The fourth-order valence-corrected chi connectivity index (χ4v) is 3.49. The molecule has 1 aromatic carbocycles. The third-order valence-electron chi connectivity index (χ3n) is 2.92. The number of carbonyl (C=O) groups is 1. The highest BCUT2D eigenvalue weighted by atomic mass is 35.5. The monoisotopic (exact) mass is 352 g/mol. The van der Waals surface area contributed by atoms with Crippen molar-refractivity contribution in [3.8, 4) is 0 Å². The first-order valence-electron chi connectivity index (χ1n) is 6.33. The van der Waals surface area contributed by atoms with E-state index >= 15 is 0 Å². The van der Waals surface area contributed by atoms with E-state index in [0.717, 1.165) is 12.8 Å². The van der Waals surface area contributed by atoms with Crippen molar-refractivity contribution in [2.45, 2.75) is 44.0 Å². The Morgan fingerprint density at radius 3 is 2.38 bits per heavy atom. The van der Waals surface area contributed by atoms with Gasteiger partial charge in [-0.25, -0.2) is 13.6 Å². The first-order valence-corrected chi connectivity index (χ1v) is 8.63. The maximum atomic E-state index is 12.3. The summed E-state index contributed by atoms with van der Waals surface area (Å²) in [7, 11) is -4.03. The second-order valence-corrected chi connectivity index (χ2v) is 7.68. The van der Waals surface area contributed by atoms with Crippen molar-refractivity contribution in [1.82, 2.24) is 5.32 Å². The van der Waals surface area contributed by atoms with Crippen LogP contribution in [-0.4, -0.2) is 19.9 Å². The molecule has 1 amide bonds. The first-order chi connectivity index (χ1) is 9.49. The molecule has 0 radical (unpaired) electrons. The number of hydrogen-bond donors (Lipinski definition) is 2. The Bertz CT molecular complexity index is 658. The van der Waals surface area contributed by atoms with Crippen LogP contribution in [0.4, 0.5) is 0 Å². The summed E-state index contributed by atoms with van der Waals surface area (Å²) in [6, 6.07) is 2.46. The number of rotatable bonds is 5. The molecule has 0 aliphatic heterocycles. The Labute approximate surface area is 134 Å². The van der Waals surface area contributed by atoms with Crippen molar-refractivity contribution in [1.29, 1.82) is 0 Å². The lowest BCUT2D eigenvalue weighted by Crippen LogP contribution is -2.43. The van der Waals surface area contributed by atoms with E-state index in [4.69, 9.17) is 28.3 Å². The number of primary sulfonamides is 1. The Balaban J connectivity index is 3.28. The van der Waals surface area contributed by atoms with E-state index in [1.807, 2.05) is 20.8 Å². The van der Waals surface area contributed by atoms with Crippen LogP contribution >= 0.6 is 23.2 Å². The van der Waals surface area contributed by atoms with E-state index in [2.05, 4.69) is 5.32 Å². The molecule has 0 spiro atoms. The van der Waals surface area contributed by atoms with Gasteiger partial charge in [-0.15, -0.1) is 0 Å². The van der Waals surface area contributed by atoms with Gasteiger partial charge >= 0.3 is 0 Å². The van der Waals surface area contributed by atoms with Crippen molar-refractivity contribution >= 4 is 39.1 Å². The average molecular weight is 353 g/mol. The minimum absolute atomic E-state index is 0.0669. The molecule has 0 aliphatic rings. The number of sulfonamides is 1. The zero-order chi connectivity index (χ0) is 16.4. The van der Waals surface area contributed by atoms with Gasteiger partial charge in [0.1, 0.15) is 4.90 Å². The molecular weight excluding hydrogens is 335 g/mol. The molecule has 0 fully saturated rings. The SMILES string of the molecule is CCCC(C)(C)NC(=O)c1c(Cl)ccc(S(N)(=O)=O)c1Cl.